The molecule has 1 rings (SSSR count). The Labute approximate surface area is 69.2 Å². The minimum atomic E-state index is -0.217. The van der Waals surface area contributed by atoms with E-state index in [2.05, 4.69) is 0 Å². The van der Waals surface area contributed by atoms with Gasteiger partial charge >= 0.3 is 0 Å². The first-order valence-corrected chi connectivity index (χ1v) is 4.31. The van der Waals surface area contributed by atoms with Gasteiger partial charge in [0.25, 0.3) is 0 Å². The van der Waals surface area contributed by atoms with Gasteiger partial charge in [-0.25, -0.2) is 4.39 Å². The highest BCUT2D eigenvalue weighted by atomic mass is 32.2. The summed E-state index contributed by atoms with van der Waals surface area (Å²) in [6.45, 7) is 0.0823. The maximum Gasteiger partial charge on any atom is 0.136 e. The van der Waals surface area contributed by atoms with Crippen LogP contribution in [0.5, 0.6) is 0 Å². The van der Waals surface area contributed by atoms with E-state index in [4.69, 9.17) is 5.11 Å². The zero-order valence-electron chi connectivity index (χ0n) is 5.96. The van der Waals surface area contributed by atoms with Gasteiger partial charge in [0.15, 0.2) is 0 Å². The minimum absolute atomic E-state index is 0.0823. The molecule has 0 fully saturated rings. The van der Waals surface area contributed by atoms with Crippen molar-refractivity contribution in [1.29, 1.82) is 0 Å². The molecule has 0 aliphatic heterocycles. The molecule has 0 radical (unpaired) electrons. The number of thioether (sulfide) groups is 1. The van der Waals surface area contributed by atoms with Crippen LogP contribution in [0.4, 0.5) is 4.39 Å². The molecular weight excluding hydrogens is 163 g/mol. The number of hydrogen-bond donors (Lipinski definition) is 1. The molecule has 1 N–H and O–H groups in total. The molecule has 0 aliphatic carbocycles. The van der Waals surface area contributed by atoms with Crippen LogP contribution in [-0.2, 0) is 0 Å². The second-order valence-electron chi connectivity index (χ2n) is 2.00. The van der Waals surface area contributed by atoms with Gasteiger partial charge in [-0.2, -0.15) is 0 Å². The number of benzene rings is 1. The molecule has 0 saturated heterocycles. The Morgan fingerprint density at radius 1 is 1.36 bits per heavy atom. The Hall–Kier alpha value is -0.540. The third-order valence-corrected chi connectivity index (χ3v) is 2.21. The molecule has 0 aliphatic rings. The predicted molar refractivity (Wildman–Crippen MR) is 44.2 cm³/mol. The highest BCUT2D eigenvalue weighted by Crippen LogP contribution is 2.20. The van der Waals surface area contributed by atoms with E-state index in [1.54, 1.807) is 18.2 Å². The molecule has 0 bridgehead atoms. The van der Waals surface area contributed by atoms with Gasteiger partial charge in [-0.1, -0.05) is 12.1 Å². The molecule has 0 atom stereocenters. The predicted octanol–water partition coefficient (Wildman–Crippen LogP) is 1.91. The van der Waals surface area contributed by atoms with Gasteiger partial charge in [0.05, 0.1) is 6.61 Å². The van der Waals surface area contributed by atoms with Crippen molar-refractivity contribution in [1.82, 2.24) is 0 Å². The summed E-state index contributed by atoms with van der Waals surface area (Å²) in [6, 6.07) is 6.55. The summed E-state index contributed by atoms with van der Waals surface area (Å²) in [5.41, 5.74) is 0. The standard InChI is InChI=1S/C8H9FOS/c9-7-3-1-2-4-8(7)11-6-5-10/h1-4,10H,5-6H2. The van der Waals surface area contributed by atoms with E-state index in [0.717, 1.165) is 0 Å². The van der Waals surface area contributed by atoms with Crippen LogP contribution in [0.3, 0.4) is 0 Å². The summed E-state index contributed by atoms with van der Waals surface area (Å²) in [4.78, 5) is 0.599. The summed E-state index contributed by atoms with van der Waals surface area (Å²) < 4.78 is 12.8. The summed E-state index contributed by atoms with van der Waals surface area (Å²) in [5, 5.41) is 8.48. The van der Waals surface area contributed by atoms with E-state index in [-0.39, 0.29) is 12.4 Å². The molecule has 0 aromatic heterocycles. The molecule has 60 valence electrons. The average molecular weight is 172 g/mol. The van der Waals surface area contributed by atoms with Crippen LogP contribution in [0.25, 0.3) is 0 Å². The largest absolute Gasteiger partial charge is 0.396 e. The van der Waals surface area contributed by atoms with Crippen molar-refractivity contribution in [3.63, 3.8) is 0 Å². The second-order valence-corrected chi connectivity index (χ2v) is 3.14. The molecule has 3 heteroatoms. The maximum atomic E-state index is 12.8. The van der Waals surface area contributed by atoms with Gasteiger partial charge in [0, 0.05) is 10.6 Å². The molecule has 0 heterocycles. The summed E-state index contributed by atoms with van der Waals surface area (Å²) in [6.07, 6.45) is 0. The SMILES string of the molecule is OCCSc1ccccc1F. The van der Waals surface area contributed by atoms with Crippen LogP contribution in [-0.4, -0.2) is 17.5 Å². The van der Waals surface area contributed by atoms with Gasteiger partial charge in [-0.15, -0.1) is 11.8 Å². The lowest BCUT2D eigenvalue weighted by molar-refractivity contribution is 0.322. The number of rotatable bonds is 3. The Balaban J connectivity index is 2.62. The molecule has 0 amide bonds. The fraction of sp³-hybridized carbons (Fsp3) is 0.250. The van der Waals surface area contributed by atoms with E-state index < -0.39 is 0 Å². The quantitative estimate of drug-likeness (QED) is 0.703. The van der Waals surface area contributed by atoms with Gasteiger partial charge in [0.1, 0.15) is 5.82 Å². The summed E-state index contributed by atoms with van der Waals surface area (Å²) in [7, 11) is 0. The van der Waals surface area contributed by atoms with Crippen LogP contribution in [0, 0.1) is 5.82 Å². The van der Waals surface area contributed by atoms with E-state index in [0.29, 0.717) is 10.6 Å². The highest BCUT2D eigenvalue weighted by Gasteiger charge is 1.98. The smallest absolute Gasteiger partial charge is 0.136 e. The van der Waals surface area contributed by atoms with Crippen LogP contribution in [0.15, 0.2) is 29.2 Å². The first-order valence-electron chi connectivity index (χ1n) is 3.33. The van der Waals surface area contributed by atoms with Crippen molar-refractivity contribution in [2.45, 2.75) is 4.90 Å². The topological polar surface area (TPSA) is 20.2 Å². The van der Waals surface area contributed by atoms with Crippen LogP contribution < -0.4 is 0 Å². The molecule has 1 aromatic rings. The molecule has 0 unspecified atom stereocenters. The van der Waals surface area contributed by atoms with Crippen molar-refractivity contribution in [2.24, 2.45) is 0 Å². The third kappa shape index (κ3) is 2.52. The van der Waals surface area contributed by atoms with E-state index in [1.807, 2.05) is 0 Å². The fourth-order valence-corrected chi connectivity index (χ4v) is 1.41. The Morgan fingerprint density at radius 2 is 2.09 bits per heavy atom. The molecule has 1 nitrogen and oxygen atoms in total. The average Bonchev–Trinajstić information content (AvgIpc) is 2.03. The van der Waals surface area contributed by atoms with Crippen molar-refractivity contribution in [3.8, 4) is 0 Å². The molecule has 1 aromatic carbocycles. The van der Waals surface area contributed by atoms with Crippen molar-refractivity contribution in [3.05, 3.63) is 30.1 Å². The first-order chi connectivity index (χ1) is 5.34. The Bertz CT molecular complexity index is 227. The van der Waals surface area contributed by atoms with E-state index in [9.17, 15) is 4.39 Å². The normalized spacial score (nSPS) is 10.0. The highest BCUT2D eigenvalue weighted by molar-refractivity contribution is 7.99. The van der Waals surface area contributed by atoms with Gasteiger partial charge in [0.2, 0.25) is 0 Å². The van der Waals surface area contributed by atoms with E-state index in [1.165, 1.54) is 17.8 Å². The lowest BCUT2D eigenvalue weighted by Gasteiger charge is -1.99. The molecular formula is C8H9FOS. The van der Waals surface area contributed by atoms with Gasteiger partial charge in [-0.3, -0.25) is 0 Å². The van der Waals surface area contributed by atoms with Crippen molar-refractivity contribution >= 4 is 11.8 Å². The second kappa shape index (κ2) is 4.36. The zero-order valence-corrected chi connectivity index (χ0v) is 6.77. The lowest BCUT2D eigenvalue weighted by atomic mass is 10.3. The fourth-order valence-electron chi connectivity index (χ4n) is 0.717. The summed E-state index contributed by atoms with van der Waals surface area (Å²) >= 11 is 1.32. The number of aliphatic hydroxyl groups is 1. The Kier molecular flexibility index (Phi) is 3.39. The monoisotopic (exact) mass is 172 g/mol. The number of halogens is 1. The number of hydrogen-bond acceptors (Lipinski definition) is 2. The van der Waals surface area contributed by atoms with Crippen LogP contribution in [0.1, 0.15) is 0 Å². The molecule has 0 spiro atoms. The van der Waals surface area contributed by atoms with E-state index >= 15 is 0 Å². The minimum Gasteiger partial charge on any atom is -0.396 e. The third-order valence-electron chi connectivity index (χ3n) is 1.19. The van der Waals surface area contributed by atoms with Crippen LogP contribution >= 0.6 is 11.8 Å². The summed E-state index contributed by atoms with van der Waals surface area (Å²) in [5.74, 6) is 0.326. The maximum absolute atomic E-state index is 12.8. The zero-order chi connectivity index (χ0) is 8.10. The molecule has 11 heavy (non-hydrogen) atoms. The molecule has 0 saturated carbocycles. The van der Waals surface area contributed by atoms with Gasteiger partial charge in [-0.05, 0) is 12.1 Å². The van der Waals surface area contributed by atoms with Crippen LogP contribution in [0.2, 0.25) is 0 Å². The lowest BCUT2D eigenvalue weighted by Crippen LogP contribution is -1.87. The number of aliphatic hydroxyl groups excluding tert-OH is 1. The Morgan fingerprint density at radius 3 is 2.73 bits per heavy atom. The first kappa shape index (κ1) is 8.56. The van der Waals surface area contributed by atoms with Crippen molar-refractivity contribution in [2.75, 3.05) is 12.4 Å². The van der Waals surface area contributed by atoms with Crippen molar-refractivity contribution < 1.29 is 9.50 Å². The van der Waals surface area contributed by atoms with Gasteiger partial charge < -0.3 is 5.11 Å².